The van der Waals surface area contributed by atoms with Gasteiger partial charge in [-0.3, -0.25) is 0 Å². The van der Waals surface area contributed by atoms with Crippen LogP contribution in [0, 0.1) is 0 Å². The summed E-state index contributed by atoms with van der Waals surface area (Å²) in [4.78, 5) is 4.66. The van der Waals surface area contributed by atoms with Crippen LogP contribution in [0.3, 0.4) is 0 Å². The molecule has 9 aromatic carbocycles. The van der Waals surface area contributed by atoms with Crippen molar-refractivity contribution in [3.05, 3.63) is 194 Å². The van der Waals surface area contributed by atoms with Crippen molar-refractivity contribution >= 4 is 99.5 Å². The molecule has 54 heavy (non-hydrogen) atoms. The predicted octanol–water partition coefficient (Wildman–Crippen LogP) is 14.7. The Kier molecular flexibility index (Phi) is 6.82. The van der Waals surface area contributed by atoms with Gasteiger partial charge in [0.1, 0.15) is 22.3 Å². The van der Waals surface area contributed by atoms with Crippen LogP contribution in [-0.2, 0) is 0 Å². The van der Waals surface area contributed by atoms with E-state index < -0.39 is 0 Å². The molecule has 2 heterocycles. The number of furan rings is 2. The number of anilines is 6. The number of benzene rings is 9. The van der Waals surface area contributed by atoms with Gasteiger partial charge in [0.25, 0.3) is 0 Å². The quantitative estimate of drug-likeness (QED) is 0.162. The van der Waals surface area contributed by atoms with E-state index in [0.29, 0.717) is 0 Å². The Hall–Kier alpha value is -7.30. The van der Waals surface area contributed by atoms with Gasteiger partial charge in [0.15, 0.2) is 0 Å². The Morgan fingerprint density at radius 2 is 0.815 bits per heavy atom. The molecule has 4 nitrogen and oxygen atoms in total. The van der Waals surface area contributed by atoms with Gasteiger partial charge in [-0.05, 0) is 77.5 Å². The molecule has 0 aliphatic rings. The molecule has 0 bridgehead atoms. The molecular formula is C50H32N2O2. The van der Waals surface area contributed by atoms with E-state index in [1.54, 1.807) is 0 Å². The molecule has 0 radical (unpaired) electrons. The lowest BCUT2D eigenvalue weighted by atomic mass is 9.95. The van der Waals surface area contributed by atoms with Crippen molar-refractivity contribution in [2.24, 2.45) is 0 Å². The second kappa shape index (κ2) is 12.1. The fourth-order valence-electron chi connectivity index (χ4n) is 8.22. The first-order valence-corrected chi connectivity index (χ1v) is 18.3. The fraction of sp³-hybridized carbons (Fsp3) is 0. The average molecular weight is 693 g/mol. The standard InChI is InChI=1S/C50H32N2O2/c1-3-15-34(16-4-1)51(38-27-29-41-40-22-9-11-24-45(40)53-47(41)31-38)36-19-13-20-37(30-36)52(35-17-5-2-6-18-35)44-32-48-50(43-23-10-12-25-46(43)54-48)49-39-21-8-7-14-33(39)26-28-42(44)49/h1-32H. The summed E-state index contributed by atoms with van der Waals surface area (Å²) in [5.41, 5.74) is 9.68. The van der Waals surface area contributed by atoms with E-state index >= 15 is 0 Å². The summed E-state index contributed by atoms with van der Waals surface area (Å²) >= 11 is 0. The van der Waals surface area contributed by atoms with Gasteiger partial charge in [0, 0.05) is 72.9 Å². The smallest absolute Gasteiger partial charge is 0.138 e. The molecule has 254 valence electrons. The molecule has 0 spiro atoms. The number of hydrogen-bond donors (Lipinski definition) is 0. The maximum Gasteiger partial charge on any atom is 0.138 e. The summed E-state index contributed by atoms with van der Waals surface area (Å²) in [6.45, 7) is 0. The Morgan fingerprint density at radius 1 is 0.278 bits per heavy atom. The summed E-state index contributed by atoms with van der Waals surface area (Å²) in [6, 6.07) is 68.4. The van der Waals surface area contributed by atoms with Crippen LogP contribution in [0.15, 0.2) is 203 Å². The first kappa shape index (κ1) is 30.3. The first-order valence-electron chi connectivity index (χ1n) is 18.3. The summed E-state index contributed by atoms with van der Waals surface area (Å²) < 4.78 is 13.0. The zero-order valence-corrected chi connectivity index (χ0v) is 29.2. The lowest BCUT2D eigenvalue weighted by molar-refractivity contribution is 0.668. The number of hydrogen-bond acceptors (Lipinski definition) is 4. The molecule has 11 rings (SSSR count). The van der Waals surface area contributed by atoms with Gasteiger partial charge in [-0.25, -0.2) is 0 Å². The Balaban J connectivity index is 1.16. The molecule has 0 saturated carbocycles. The van der Waals surface area contributed by atoms with Crippen molar-refractivity contribution in [3.63, 3.8) is 0 Å². The van der Waals surface area contributed by atoms with Crippen molar-refractivity contribution in [2.75, 3.05) is 9.80 Å². The third kappa shape index (κ3) is 4.78. The highest BCUT2D eigenvalue weighted by molar-refractivity contribution is 6.29. The minimum Gasteiger partial charge on any atom is -0.456 e. The van der Waals surface area contributed by atoms with Gasteiger partial charge in [0.2, 0.25) is 0 Å². The molecule has 0 atom stereocenters. The Morgan fingerprint density at radius 3 is 1.59 bits per heavy atom. The molecule has 0 unspecified atom stereocenters. The Labute approximate surface area is 311 Å². The van der Waals surface area contributed by atoms with Crippen molar-refractivity contribution < 1.29 is 8.83 Å². The summed E-state index contributed by atoms with van der Waals surface area (Å²) in [5.74, 6) is 0. The van der Waals surface area contributed by atoms with Gasteiger partial charge in [-0.1, -0.05) is 115 Å². The highest BCUT2D eigenvalue weighted by atomic mass is 16.3. The number of nitrogens with zero attached hydrogens (tertiary/aromatic N) is 2. The molecule has 4 heteroatoms. The van der Waals surface area contributed by atoms with E-state index in [4.69, 9.17) is 8.83 Å². The van der Waals surface area contributed by atoms with Crippen LogP contribution >= 0.6 is 0 Å². The second-order valence-electron chi connectivity index (χ2n) is 13.7. The minimum atomic E-state index is 0.856. The van der Waals surface area contributed by atoms with Crippen molar-refractivity contribution in [3.8, 4) is 0 Å². The summed E-state index contributed by atoms with van der Waals surface area (Å²) in [5, 5.41) is 9.21. The number of fused-ring (bicyclic) bond motifs is 10. The predicted molar refractivity (Wildman–Crippen MR) is 225 cm³/mol. The Bertz CT molecular complexity index is 3180. The van der Waals surface area contributed by atoms with Gasteiger partial charge >= 0.3 is 0 Å². The second-order valence-corrected chi connectivity index (χ2v) is 13.7. The fourth-order valence-corrected chi connectivity index (χ4v) is 8.22. The maximum absolute atomic E-state index is 6.66. The van der Waals surface area contributed by atoms with E-state index in [2.05, 4.69) is 186 Å². The van der Waals surface area contributed by atoms with Crippen LogP contribution in [0.2, 0.25) is 0 Å². The number of rotatable bonds is 6. The lowest BCUT2D eigenvalue weighted by Crippen LogP contribution is -2.13. The molecule has 0 fully saturated rings. The van der Waals surface area contributed by atoms with Crippen LogP contribution in [0.1, 0.15) is 0 Å². The van der Waals surface area contributed by atoms with Gasteiger partial charge < -0.3 is 18.6 Å². The lowest BCUT2D eigenvalue weighted by Gasteiger charge is -2.30. The highest BCUT2D eigenvalue weighted by Gasteiger charge is 2.23. The number of para-hydroxylation sites is 4. The average Bonchev–Trinajstić information content (AvgIpc) is 3.80. The molecule has 0 N–H and O–H groups in total. The molecule has 11 aromatic rings. The molecule has 0 saturated heterocycles. The van der Waals surface area contributed by atoms with Crippen LogP contribution < -0.4 is 9.80 Å². The zero-order valence-electron chi connectivity index (χ0n) is 29.2. The molecule has 0 aliphatic heterocycles. The van der Waals surface area contributed by atoms with Crippen LogP contribution in [-0.4, -0.2) is 0 Å². The van der Waals surface area contributed by atoms with Gasteiger partial charge in [-0.2, -0.15) is 0 Å². The zero-order chi connectivity index (χ0) is 35.6. The molecule has 0 amide bonds. The molecular weight excluding hydrogens is 661 g/mol. The van der Waals surface area contributed by atoms with Crippen molar-refractivity contribution in [2.45, 2.75) is 0 Å². The van der Waals surface area contributed by atoms with Crippen molar-refractivity contribution in [1.82, 2.24) is 0 Å². The summed E-state index contributed by atoms with van der Waals surface area (Å²) in [6.07, 6.45) is 0. The largest absolute Gasteiger partial charge is 0.456 e. The van der Waals surface area contributed by atoms with Crippen LogP contribution in [0.5, 0.6) is 0 Å². The third-order valence-corrected chi connectivity index (χ3v) is 10.6. The summed E-state index contributed by atoms with van der Waals surface area (Å²) in [7, 11) is 0. The SMILES string of the molecule is c1ccc(N(c2cccc(N(c3ccccc3)c3cc4oc5ccccc5c4c4c3ccc3ccccc34)c2)c2ccc3c(c2)oc2ccccc23)cc1. The van der Waals surface area contributed by atoms with E-state index in [1.807, 2.05) is 18.2 Å². The maximum atomic E-state index is 6.66. The monoisotopic (exact) mass is 692 g/mol. The van der Waals surface area contributed by atoms with E-state index in [-0.39, 0.29) is 0 Å². The third-order valence-electron chi connectivity index (χ3n) is 10.6. The first-order chi connectivity index (χ1) is 26.8. The van der Waals surface area contributed by atoms with Crippen molar-refractivity contribution in [1.29, 1.82) is 0 Å². The van der Waals surface area contributed by atoms with Crippen LogP contribution in [0.4, 0.5) is 34.1 Å². The molecule has 0 aliphatic carbocycles. The topological polar surface area (TPSA) is 32.8 Å². The molecule has 2 aromatic heterocycles. The van der Waals surface area contributed by atoms with E-state index in [9.17, 15) is 0 Å². The van der Waals surface area contributed by atoms with E-state index in [0.717, 1.165) is 83.4 Å². The highest BCUT2D eigenvalue weighted by Crippen LogP contribution is 2.48. The van der Waals surface area contributed by atoms with Crippen LogP contribution in [0.25, 0.3) is 65.4 Å². The van der Waals surface area contributed by atoms with Gasteiger partial charge in [-0.15, -0.1) is 0 Å². The minimum absolute atomic E-state index is 0.856. The normalized spacial score (nSPS) is 11.7. The van der Waals surface area contributed by atoms with Gasteiger partial charge in [0.05, 0.1) is 5.69 Å². The van der Waals surface area contributed by atoms with E-state index in [1.165, 1.54) is 16.2 Å².